The van der Waals surface area contributed by atoms with Crippen molar-refractivity contribution in [1.82, 2.24) is 9.47 Å². The number of aromatic nitrogens is 1. The molecule has 11 heteroatoms. The lowest BCUT2D eigenvalue weighted by atomic mass is 9.95. The Morgan fingerprint density at radius 1 is 1.22 bits per heavy atom. The van der Waals surface area contributed by atoms with Crippen LogP contribution in [-0.2, 0) is 25.6 Å². The van der Waals surface area contributed by atoms with Gasteiger partial charge in [-0.05, 0) is 58.6 Å². The smallest absolute Gasteiger partial charge is 0.309 e. The van der Waals surface area contributed by atoms with Crippen LogP contribution in [0.2, 0.25) is 0 Å². The first kappa shape index (κ1) is 28.9. The van der Waals surface area contributed by atoms with Crippen LogP contribution >= 0.6 is 24.0 Å². The lowest BCUT2D eigenvalue weighted by Gasteiger charge is -2.35. The van der Waals surface area contributed by atoms with Crippen LogP contribution in [-0.4, -0.2) is 65.1 Å². The Labute approximate surface area is 227 Å². The van der Waals surface area contributed by atoms with Crippen LogP contribution in [0, 0.1) is 24.2 Å². The molecule has 1 aromatic rings. The van der Waals surface area contributed by atoms with E-state index in [-0.39, 0.29) is 28.9 Å². The van der Waals surface area contributed by atoms with Gasteiger partial charge in [-0.3, -0.25) is 23.9 Å². The fourth-order valence-electron chi connectivity index (χ4n) is 4.66. The molecule has 0 unspecified atom stereocenters. The molecule has 3 heterocycles. The number of carbonyl (C=O) groups is 2. The summed E-state index contributed by atoms with van der Waals surface area (Å²) in [5.74, 6) is 0.0895. The van der Waals surface area contributed by atoms with Gasteiger partial charge in [-0.2, -0.15) is 5.26 Å². The number of thiocarbonyl (C=S) groups is 1. The summed E-state index contributed by atoms with van der Waals surface area (Å²) in [7, 11) is 0. The number of nitrogens with zero attached hydrogens (tertiary/aromatic N) is 4. The lowest BCUT2D eigenvalue weighted by molar-refractivity contribution is -0.148. The molecule has 2 saturated heterocycles. The summed E-state index contributed by atoms with van der Waals surface area (Å²) in [6.45, 7) is 10.7. The van der Waals surface area contributed by atoms with Gasteiger partial charge in [-0.1, -0.05) is 24.0 Å². The van der Waals surface area contributed by atoms with E-state index in [0.29, 0.717) is 91.4 Å². The van der Waals surface area contributed by atoms with Gasteiger partial charge < -0.3 is 14.4 Å². The standard InChI is InChI=1S/C26H34N4O5S2/c1-5-29-22(28-12-9-18(10-13-28)25(33)35-7-3)19(17(4)20(16-27)23(29)31)15-21-24(32)30(26(36)37-21)11-8-14-34-6-2/h15,18H,5-14H2,1-4H3. The van der Waals surface area contributed by atoms with Crippen LogP contribution in [0.1, 0.15) is 56.7 Å². The molecule has 2 aliphatic rings. The molecule has 0 radical (unpaired) electrons. The van der Waals surface area contributed by atoms with Crippen molar-refractivity contribution in [3.63, 3.8) is 0 Å². The van der Waals surface area contributed by atoms with E-state index < -0.39 is 0 Å². The number of piperidine rings is 1. The van der Waals surface area contributed by atoms with Crippen molar-refractivity contribution in [1.29, 1.82) is 5.26 Å². The number of esters is 1. The maximum atomic E-state index is 13.2. The van der Waals surface area contributed by atoms with Crippen LogP contribution in [0.3, 0.4) is 0 Å². The summed E-state index contributed by atoms with van der Waals surface area (Å²) in [5.41, 5.74) is 0.889. The minimum Gasteiger partial charge on any atom is -0.466 e. The number of carbonyl (C=O) groups excluding carboxylic acids is 2. The number of anilines is 1. The minimum absolute atomic E-state index is 0.0606. The Morgan fingerprint density at radius 3 is 2.51 bits per heavy atom. The Bertz CT molecular complexity index is 1180. The van der Waals surface area contributed by atoms with E-state index in [0.717, 1.165) is 0 Å². The van der Waals surface area contributed by atoms with Crippen LogP contribution in [0.4, 0.5) is 5.82 Å². The topological polar surface area (TPSA) is 105 Å². The number of hydrogen-bond donors (Lipinski definition) is 0. The number of rotatable bonds is 10. The number of nitriles is 1. The first-order valence-electron chi connectivity index (χ1n) is 12.7. The summed E-state index contributed by atoms with van der Waals surface area (Å²) < 4.78 is 12.6. The Kier molecular flexibility index (Phi) is 10.3. The van der Waals surface area contributed by atoms with Gasteiger partial charge in [0.15, 0.2) is 0 Å². The summed E-state index contributed by atoms with van der Waals surface area (Å²) in [5, 5.41) is 9.77. The first-order valence-corrected chi connectivity index (χ1v) is 13.9. The van der Waals surface area contributed by atoms with Crippen LogP contribution < -0.4 is 10.5 Å². The molecule has 3 rings (SSSR count). The molecule has 0 N–H and O–H groups in total. The highest BCUT2D eigenvalue weighted by Gasteiger charge is 2.34. The number of hydrogen-bond acceptors (Lipinski definition) is 9. The average Bonchev–Trinajstić information content (AvgIpc) is 3.15. The highest BCUT2D eigenvalue weighted by atomic mass is 32.2. The van der Waals surface area contributed by atoms with E-state index in [9.17, 15) is 19.6 Å². The fraction of sp³-hybridized carbons (Fsp3) is 0.577. The van der Waals surface area contributed by atoms with E-state index in [1.807, 2.05) is 13.8 Å². The fourth-order valence-corrected chi connectivity index (χ4v) is 5.95. The second kappa shape index (κ2) is 13.2. The predicted octanol–water partition coefficient (Wildman–Crippen LogP) is 3.46. The number of pyridine rings is 1. The number of thioether (sulfide) groups is 1. The quantitative estimate of drug-likeness (QED) is 0.189. The second-order valence-electron chi connectivity index (χ2n) is 8.80. The third kappa shape index (κ3) is 6.25. The molecule has 1 aromatic heterocycles. The number of amides is 1. The zero-order valence-corrected chi connectivity index (χ0v) is 23.5. The monoisotopic (exact) mass is 546 g/mol. The van der Waals surface area contributed by atoms with Gasteiger partial charge in [0.2, 0.25) is 0 Å². The van der Waals surface area contributed by atoms with E-state index >= 15 is 0 Å². The molecule has 2 fully saturated rings. The van der Waals surface area contributed by atoms with Crippen molar-refractivity contribution in [2.75, 3.05) is 44.4 Å². The van der Waals surface area contributed by atoms with Crippen molar-refractivity contribution < 1.29 is 19.1 Å². The second-order valence-corrected chi connectivity index (χ2v) is 10.5. The molecule has 200 valence electrons. The zero-order chi connectivity index (χ0) is 27.1. The normalized spacial score (nSPS) is 17.5. The van der Waals surface area contributed by atoms with Gasteiger partial charge in [-0.15, -0.1) is 0 Å². The molecule has 1 amide bonds. The maximum absolute atomic E-state index is 13.2. The molecule has 0 atom stereocenters. The molecule has 0 aromatic carbocycles. The molecule has 9 nitrogen and oxygen atoms in total. The van der Waals surface area contributed by atoms with Crippen molar-refractivity contribution in [3.05, 3.63) is 31.9 Å². The summed E-state index contributed by atoms with van der Waals surface area (Å²) in [6, 6.07) is 2.05. The molecule has 0 spiro atoms. The van der Waals surface area contributed by atoms with Gasteiger partial charge in [0.05, 0.1) is 17.4 Å². The third-order valence-corrected chi connectivity index (χ3v) is 7.98. The van der Waals surface area contributed by atoms with Crippen molar-refractivity contribution >= 4 is 52.1 Å². The molecular weight excluding hydrogens is 512 g/mol. The van der Waals surface area contributed by atoms with Gasteiger partial charge in [0, 0.05) is 45.0 Å². The van der Waals surface area contributed by atoms with E-state index in [1.165, 1.54) is 11.8 Å². The van der Waals surface area contributed by atoms with Gasteiger partial charge >= 0.3 is 5.97 Å². The van der Waals surface area contributed by atoms with Crippen molar-refractivity contribution in [2.45, 2.75) is 53.5 Å². The largest absolute Gasteiger partial charge is 0.466 e. The SMILES string of the molecule is CCOCCCN1C(=O)C(=Cc2c(C)c(C#N)c(=O)n(CC)c2N2CCC(C(=O)OCC)CC2)SC1=S. The third-order valence-electron chi connectivity index (χ3n) is 6.60. The predicted molar refractivity (Wildman–Crippen MR) is 148 cm³/mol. The molecule has 0 aliphatic carbocycles. The molecule has 0 bridgehead atoms. The maximum Gasteiger partial charge on any atom is 0.309 e. The molecular formula is C26H34N4O5S2. The van der Waals surface area contributed by atoms with Crippen LogP contribution in [0.5, 0.6) is 0 Å². The first-order chi connectivity index (χ1) is 17.8. The summed E-state index contributed by atoms with van der Waals surface area (Å²) in [6.07, 6.45) is 3.62. The zero-order valence-electron chi connectivity index (χ0n) is 21.9. The molecule has 37 heavy (non-hydrogen) atoms. The Balaban J connectivity index is 2.00. The van der Waals surface area contributed by atoms with E-state index in [2.05, 4.69) is 11.0 Å². The Hall–Kier alpha value is -2.68. The van der Waals surface area contributed by atoms with Crippen LogP contribution in [0.15, 0.2) is 9.70 Å². The number of ether oxygens (including phenoxy) is 2. The van der Waals surface area contributed by atoms with Crippen LogP contribution in [0.25, 0.3) is 6.08 Å². The minimum atomic E-state index is -0.356. The summed E-state index contributed by atoms with van der Waals surface area (Å²) in [4.78, 5) is 42.8. The van der Waals surface area contributed by atoms with Crippen molar-refractivity contribution in [3.8, 4) is 6.07 Å². The highest BCUT2D eigenvalue weighted by Crippen LogP contribution is 2.37. The highest BCUT2D eigenvalue weighted by molar-refractivity contribution is 8.26. The molecule has 2 aliphatic heterocycles. The summed E-state index contributed by atoms with van der Waals surface area (Å²) >= 11 is 6.70. The van der Waals surface area contributed by atoms with Gasteiger partial charge in [0.25, 0.3) is 11.5 Å². The Morgan fingerprint density at radius 2 is 1.92 bits per heavy atom. The average molecular weight is 547 g/mol. The van der Waals surface area contributed by atoms with Gasteiger partial charge in [0.1, 0.15) is 21.8 Å². The van der Waals surface area contributed by atoms with E-state index in [1.54, 1.807) is 29.4 Å². The van der Waals surface area contributed by atoms with Gasteiger partial charge in [-0.25, -0.2) is 0 Å². The lowest BCUT2D eigenvalue weighted by Crippen LogP contribution is -2.41. The molecule has 0 saturated carbocycles. The van der Waals surface area contributed by atoms with Crippen molar-refractivity contribution in [2.24, 2.45) is 5.92 Å². The van der Waals surface area contributed by atoms with E-state index in [4.69, 9.17) is 21.7 Å².